The van der Waals surface area contributed by atoms with Crippen LogP contribution in [0.15, 0.2) is 47.3 Å². The molecule has 1 aromatic heterocycles. The number of nitrogens with one attached hydrogen (secondary N) is 1. The number of carbonyl (C=O) groups excluding carboxylic acids is 1. The lowest BCUT2D eigenvalue weighted by molar-refractivity contribution is -0.128. The van der Waals surface area contributed by atoms with Gasteiger partial charge in [0.25, 0.3) is 5.56 Å². The monoisotopic (exact) mass is 370 g/mol. The molecule has 1 N–H and O–H groups in total. The third kappa shape index (κ3) is 3.91. The smallest absolute Gasteiger partial charge is 0.267 e. The van der Waals surface area contributed by atoms with E-state index in [1.165, 1.54) is 5.56 Å². The van der Waals surface area contributed by atoms with Crippen LogP contribution in [0.1, 0.15) is 43.5 Å². The van der Waals surface area contributed by atoms with Crippen molar-refractivity contribution < 1.29 is 4.79 Å². The Balaban J connectivity index is 2.08. The topological polar surface area (TPSA) is 53.2 Å². The second-order valence-electron chi connectivity index (χ2n) is 6.60. The number of rotatable bonds is 4. The van der Waals surface area contributed by atoms with Crippen molar-refractivity contribution in [1.82, 2.24) is 9.88 Å². The number of hydrogen-bond donors (Lipinski definition) is 1. The standard InChI is InChI=1S/C21H23ClN2O2/c1-3-15-6-8-16(9-7-15)18(20-11-10-19(22)21(26)23-20)13-17-5-4-12-24(17)14(2)25/h6-11,13,17H,3-5,12H2,1-2H3,(H,23,26)/t17-/m1/s1. The van der Waals surface area contributed by atoms with Crippen molar-refractivity contribution in [3.8, 4) is 0 Å². The van der Waals surface area contributed by atoms with E-state index >= 15 is 0 Å². The molecule has 136 valence electrons. The van der Waals surface area contributed by atoms with Gasteiger partial charge >= 0.3 is 0 Å². The Morgan fingerprint density at radius 2 is 2.00 bits per heavy atom. The Hall–Kier alpha value is -2.33. The molecule has 2 aromatic rings. The van der Waals surface area contributed by atoms with Crippen LogP contribution in [-0.2, 0) is 11.2 Å². The maximum absolute atomic E-state index is 12.0. The molecule has 26 heavy (non-hydrogen) atoms. The van der Waals surface area contributed by atoms with Gasteiger partial charge in [-0.05, 0) is 42.5 Å². The Labute approximate surface area is 158 Å². The second kappa shape index (κ2) is 7.92. The number of aryl methyl sites for hydroxylation is 1. The first kappa shape index (κ1) is 18.5. The molecule has 5 heteroatoms. The molecule has 3 rings (SSSR count). The third-order valence-corrected chi connectivity index (χ3v) is 5.19. The lowest BCUT2D eigenvalue weighted by Gasteiger charge is -2.22. The molecule has 0 unspecified atom stereocenters. The zero-order chi connectivity index (χ0) is 18.7. The van der Waals surface area contributed by atoms with E-state index in [1.54, 1.807) is 13.0 Å². The normalized spacial score (nSPS) is 17.6. The van der Waals surface area contributed by atoms with Crippen molar-refractivity contribution >= 4 is 23.1 Å². The fourth-order valence-electron chi connectivity index (χ4n) is 3.42. The second-order valence-corrected chi connectivity index (χ2v) is 7.01. The van der Waals surface area contributed by atoms with E-state index in [4.69, 9.17) is 11.6 Å². The number of hydrogen-bond acceptors (Lipinski definition) is 2. The van der Waals surface area contributed by atoms with Gasteiger partial charge in [0.1, 0.15) is 5.02 Å². The molecule has 0 bridgehead atoms. The van der Waals surface area contributed by atoms with Crippen LogP contribution in [0, 0.1) is 0 Å². The van der Waals surface area contributed by atoms with Gasteiger partial charge in [0.2, 0.25) is 5.91 Å². The first-order valence-corrected chi connectivity index (χ1v) is 9.35. The molecular formula is C21H23ClN2O2. The number of benzene rings is 1. The summed E-state index contributed by atoms with van der Waals surface area (Å²) in [6, 6.07) is 11.8. The van der Waals surface area contributed by atoms with E-state index in [1.807, 2.05) is 11.0 Å². The minimum Gasteiger partial charge on any atom is -0.336 e. The number of likely N-dealkylation sites (tertiary alicyclic amines) is 1. The summed E-state index contributed by atoms with van der Waals surface area (Å²) in [5, 5.41) is 0.167. The van der Waals surface area contributed by atoms with Crippen LogP contribution in [0.3, 0.4) is 0 Å². The van der Waals surface area contributed by atoms with Gasteiger partial charge in [-0.2, -0.15) is 0 Å². The van der Waals surface area contributed by atoms with E-state index in [9.17, 15) is 9.59 Å². The molecule has 0 aliphatic carbocycles. The van der Waals surface area contributed by atoms with Crippen molar-refractivity contribution in [2.24, 2.45) is 0 Å². The van der Waals surface area contributed by atoms with Gasteiger partial charge in [0, 0.05) is 24.7 Å². The largest absolute Gasteiger partial charge is 0.336 e. The zero-order valence-electron chi connectivity index (χ0n) is 15.1. The Morgan fingerprint density at radius 3 is 2.62 bits per heavy atom. The summed E-state index contributed by atoms with van der Waals surface area (Å²) in [6.45, 7) is 4.49. The lowest BCUT2D eigenvalue weighted by Crippen LogP contribution is -2.32. The quantitative estimate of drug-likeness (QED) is 0.883. The van der Waals surface area contributed by atoms with E-state index in [0.29, 0.717) is 5.69 Å². The maximum Gasteiger partial charge on any atom is 0.267 e. The molecule has 1 fully saturated rings. The first-order chi connectivity index (χ1) is 12.5. The predicted octanol–water partition coefficient (Wildman–Crippen LogP) is 4.03. The predicted molar refractivity (Wildman–Crippen MR) is 105 cm³/mol. The Morgan fingerprint density at radius 1 is 1.27 bits per heavy atom. The summed E-state index contributed by atoms with van der Waals surface area (Å²) in [5.74, 6) is 0.0778. The van der Waals surface area contributed by atoms with Gasteiger partial charge in [-0.1, -0.05) is 48.9 Å². The van der Waals surface area contributed by atoms with Crippen molar-refractivity contribution in [2.45, 2.75) is 39.2 Å². The van der Waals surface area contributed by atoms with Crippen LogP contribution in [-0.4, -0.2) is 28.4 Å². The van der Waals surface area contributed by atoms with E-state index in [-0.39, 0.29) is 22.5 Å². The van der Waals surface area contributed by atoms with Gasteiger partial charge < -0.3 is 9.88 Å². The number of aromatic amines is 1. The van der Waals surface area contributed by atoms with Crippen LogP contribution in [0.2, 0.25) is 5.02 Å². The summed E-state index contributed by atoms with van der Waals surface area (Å²) in [5.41, 5.74) is 3.58. The van der Waals surface area contributed by atoms with Gasteiger partial charge in [0.05, 0.1) is 6.04 Å². The fourth-order valence-corrected chi connectivity index (χ4v) is 3.53. The van der Waals surface area contributed by atoms with Crippen LogP contribution < -0.4 is 5.56 Å². The van der Waals surface area contributed by atoms with E-state index in [0.717, 1.165) is 36.9 Å². The number of carbonyl (C=O) groups is 1. The SMILES string of the molecule is CCc1ccc(C(=C[C@H]2CCCN2C(C)=O)c2ccc(Cl)c(=O)[nH]2)cc1. The number of nitrogens with zero attached hydrogens (tertiary/aromatic N) is 1. The molecule has 1 aliphatic rings. The van der Waals surface area contributed by atoms with Gasteiger partial charge in [-0.25, -0.2) is 0 Å². The van der Waals surface area contributed by atoms with E-state index < -0.39 is 0 Å². The molecule has 1 atom stereocenters. The summed E-state index contributed by atoms with van der Waals surface area (Å²) in [7, 11) is 0. The van der Waals surface area contributed by atoms with Gasteiger partial charge in [-0.15, -0.1) is 0 Å². The summed E-state index contributed by atoms with van der Waals surface area (Å²) in [4.78, 5) is 28.7. The summed E-state index contributed by atoms with van der Waals surface area (Å²) in [6.07, 6.45) is 4.97. The number of halogens is 1. The van der Waals surface area contributed by atoms with Gasteiger partial charge in [-0.3, -0.25) is 9.59 Å². The number of H-pyrrole nitrogens is 1. The van der Waals surface area contributed by atoms with Crippen LogP contribution in [0.25, 0.3) is 5.57 Å². The van der Waals surface area contributed by atoms with Crippen LogP contribution in [0.5, 0.6) is 0 Å². The molecule has 1 aliphatic heterocycles. The fraction of sp³-hybridized carbons (Fsp3) is 0.333. The zero-order valence-corrected chi connectivity index (χ0v) is 15.8. The lowest BCUT2D eigenvalue weighted by atomic mass is 9.97. The van der Waals surface area contributed by atoms with Crippen molar-refractivity contribution in [3.63, 3.8) is 0 Å². The van der Waals surface area contributed by atoms with Gasteiger partial charge in [0.15, 0.2) is 0 Å². The number of aromatic nitrogens is 1. The highest BCUT2D eigenvalue weighted by molar-refractivity contribution is 6.30. The Kier molecular flexibility index (Phi) is 5.62. The maximum atomic E-state index is 12.0. The molecule has 1 amide bonds. The molecule has 1 saturated heterocycles. The Bertz CT molecular complexity index is 884. The highest BCUT2D eigenvalue weighted by atomic mass is 35.5. The van der Waals surface area contributed by atoms with Crippen LogP contribution in [0.4, 0.5) is 0 Å². The summed E-state index contributed by atoms with van der Waals surface area (Å²) >= 11 is 5.89. The van der Waals surface area contributed by atoms with Crippen molar-refractivity contribution in [2.75, 3.05) is 6.54 Å². The average molecular weight is 371 g/mol. The van der Waals surface area contributed by atoms with Crippen molar-refractivity contribution in [1.29, 1.82) is 0 Å². The first-order valence-electron chi connectivity index (χ1n) is 8.97. The third-order valence-electron chi connectivity index (χ3n) is 4.89. The number of amides is 1. The number of pyridine rings is 1. The molecule has 2 heterocycles. The summed E-state index contributed by atoms with van der Waals surface area (Å²) < 4.78 is 0. The minimum absolute atomic E-state index is 0.0348. The highest BCUT2D eigenvalue weighted by Crippen LogP contribution is 2.27. The molecular weight excluding hydrogens is 348 g/mol. The van der Waals surface area contributed by atoms with E-state index in [2.05, 4.69) is 42.2 Å². The minimum atomic E-state index is -0.310. The molecule has 0 saturated carbocycles. The molecule has 1 aromatic carbocycles. The average Bonchev–Trinajstić information content (AvgIpc) is 3.11. The van der Waals surface area contributed by atoms with Crippen LogP contribution >= 0.6 is 11.6 Å². The molecule has 4 nitrogen and oxygen atoms in total. The highest BCUT2D eigenvalue weighted by Gasteiger charge is 2.25. The molecule has 0 spiro atoms. The van der Waals surface area contributed by atoms with Crippen molar-refractivity contribution in [3.05, 3.63) is 74.7 Å². The molecule has 0 radical (unpaired) electrons.